The highest BCUT2D eigenvalue weighted by molar-refractivity contribution is 6.38. The zero-order valence-electron chi connectivity index (χ0n) is 26.1. The Morgan fingerprint density at radius 2 is 1.69 bits per heavy atom. The molecule has 3 heterocycles. The highest BCUT2D eigenvalue weighted by Gasteiger charge is 2.19. The maximum Gasteiger partial charge on any atom is 0.274 e. The van der Waals surface area contributed by atoms with Crippen LogP contribution >= 0.6 is 60.4 Å². The Bertz CT molecular complexity index is 1950. The Labute approximate surface area is 311 Å². The number of fused-ring (bicyclic) bond motifs is 1. The van der Waals surface area contributed by atoms with E-state index in [9.17, 15) is 14.4 Å². The van der Waals surface area contributed by atoms with Gasteiger partial charge in [-0.25, -0.2) is 4.98 Å². The van der Waals surface area contributed by atoms with Crippen LogP contribution in [0.4, 0.5) is 11.4 Å². The predicted molar refractivity (Wildman–Crippen MR) is 201 cm³/mol. The third kappa shape index (κ3) is 10.5. The SMILES string of the molecule is Cc1ccc2cccc(OCc3c(Cl)ccc(N(C)C(=O)CNC(=O)/C=C/c4ccc(C(=O)Nc5ccncc5)nc4)c3Cl)c2n1.Cl.Cl.Cl. The van der Waals surface area contributed by atoms with Gasteiger partial charge in [-0.05, 0) is 61.0 Å². The number of nitrogens with zero attached hydrogens (tertiary/aromatic N) is 4. The minimum absolute atomic E-state index is 0. The molecule has 5 aromatic rings. The molecule has 0 saturated carbocycles. The Balaban J connectivity index is 0.00000278. The lowest BCUT2D eigenvalue weighted by atomic mass is 10.1. The van der Waals surface area contributed by atoms with E-state index in [1.807, 2.05) is 37.3 Å². The second-order valence-electron chi connectivity index (χ2n) is 10.1. The summed E-state index contributed by atoms with van der Waals surface area (Å²) >= 11 is 13.2. The third-order valence-electron chi connectivity index (χ3n) is 6.89. The molecule has 0 aliphatic carbocycles. The molecule has 256 valence electrons. The molecular weight excluding hydrogens is 734 g/mol. The molecule has 0 saturated heterocycles. The van der Waals surface area contributed by atoms with Crippen LogP contribution in [-0.4, -0.2) is 46.3 Å². The van der Waals surface area contributed by atoms with Gasteiger partial charge in [0.25, 0.3) is 5.91 Å². The number of aromatic nitrogens is 3. The van der Waals surface area contributed by atoms with Gasteiger partial charge in [0.2, 0.25) is 11.8 Å². The molecule has 0 bridgehead atoms. The monoisotopic (exact) mass is 762 g/mol. The van der Waals surface area contributed by atoms with Gasteiger partial charge in [-0.3, -0.25) is 24.4 Å². The van der Waals surface area contributed by atoms with E-state index in [0.29, 0.717) is 33.3 Å². The minimum atomic E-state index is -0.489. The van der Waals surface area contributed by atoms with Crippen molar-refractivity contribution in [2.45, 2.75) is 13.5 Å². The number of halogens is 5. The van der Waals surface area contributed by atoms with E-state index in [1.54, 1.807) is 55.8 Å². The van der Waals surface area contributed by atoms with Gasteiger partial charge in [0.15, 0.2) is 0 Å². The Morgan fingerprint density at radius 1 is 0.939 bits per heavy atom. The highest BCUT2D eigenvalue weighted by atomic mass is 35.5. The summed E-state index contributed by atoms with van der Waals surface area (Å²) in [6.45, 7) is 1.68. The summed E-state index contributed by atoms with van der Waals surface area (Å²) in [5.74, 6) is -0.689. The largest absolute Gasteiger partial charge is 0.487 e. The molecule has 0 spiro atoms. The lowest BCUT2D eigenvalue weighted by molar-refractivity contribution is -0.122. The van der Waals surface area contributed by atoms with Crippen LogP contribution in [0.1, 0.15) is 27.3 Å². The number of aryl methyl sites for hydroxylation is 1. The standard InChI is InChI=1S/C34H28Cl2N6O4.3ClH/c1-21-6-9-23-4-3-5-29(33(23)40-21)46-20-25-26(35)10-12-28(32(25)36)42(2)31(44)19-39-30(43)13-8-22-7-11-27(38-18-22)34(45)41-24-14-16-37-17-15-24;;;/h3-18H,19-20H2,1-2H3,(H,39,43)(H,37,41,45);3*1H/b13-8+;;;. The average Bonchev–Trinajstić information content (AvgIpc) is 3.06. The van der Waals surface area contributed by atoms with E-state index in [-0.39, 0.29) is 67.0 Å². The average molecular weight is 765 g/mol. The van der Waals surface area contributed by atoms with Crippen molar-refractivity contribution in [3.63, 3.8) is 0 Å². The number of carbonyl (C=O) groups excluding carboxylic acids is 3. The second kappa shape index (κ2) is 18.9. The molecule has 3 amide bonds. The molecule has 3 aromatic heterocycles. The zero-order chi connectivity index (χ0) is 32.6. The molecular formula is C34H31Cl5N6O4. The van der Waals surface area contributed by atoms with Gasteiger partial charge in [-0.15, -0.1) is 37.2 Å². The topological polar surface area (TPSA) is 126 Å². The first-order valence-electron chi connectivity index (χ1n) is 14.1. The van der Waals surface area contributed by atoms with Crippen molar-refractivity contribution < 1.29 is 19.1 Å². The van der Waals surface area contributed by atoms with Crippen LogP contribution < -0.4 is 20.3 Å². The molecule has 15 heteroatoms. The van der Waals surface area contributed by atoms with Crippen molar-refractivity contribution in [1.82, 2.24) is 20.3 Å². The summed E-state index contributed by atoms with van der Waals surface area (Å²) < 4.78 is 6.08. The van der Waals surface area contributed by atoms with E-state index in [2.05, 4.69) is 25.6 Å². The Kier molecular flexibility index (Phi) is 15.7. The number of likely N-dealkylation sites (N-methyl/N-ethyl adjacent to an activating group) is 1. The number of para-hydroxylation sites is 1. The third-order valence-corrected chi connectivity index (χ3v) is 7.67. The first kappa shape index (κ1) is 40.7. The van der Waals surface area contributed by atoms with Crippen molar-refractivity contribution in [1.29, 1.82) is 0 Å². The summed E-state index contributed by atoms with van der Waals surface area (Å²) in [7, 11) is 1.56. The van der Waals surface area contributed by atoms with Crippen molar-refractivity contribution in [3.05, 3.63) is 124 Å². The van der Waals surface area contributed by atoms with Gasteiger partial charge in [0.1, 0.15) is 23.6 Å². The predicted octanol–water partition coefficient (Wildman–Crippen LogP) is 7.53. The van der Waals surface area contributed by atoms with Crippen LogP contribution in [0, 0.1) is 6.92 Å². The van der Waals surface area contributed by atoms with Gasteiger partial charge in [-0.1, -0.05) is 47.5 Å². The summed E-state index contributed by atoms with van der Waals surface area (Å²) in [6.07, 6.45) is 7.40. The minimum Gasteiger partial charge on any atom is -0.487 e. The van der Waals surface area contributed by atoms with Crippen molar-refractivity contribution in [2.75, 3.05) is 23.8 Å². The van der Waals surface area contributed by atoms with Crippen molar-refractivity contribution in [3.8, 4) is 5.75 Å². The molecule has 5 rings (SSSR count). The summed E-state index contributed by atoms with van der Waals surface area (Å²) in [5, 5.41) is 6.86. The summed E-state index contributed by atoms with van der Waals surface area (Å²) in [4.78, 5) is 51.7. The quantitative estimate of drug-likeness (QED) is 0.141. The first-order chi connectivity index (χ1) is 22.2. The van der Waals surface area contributed by atoms with E-state index in [1.165, 1.54) is 23.2 Å². The number of hydrogen-bond donors (Lipinski definition) is 2. The smallest absolute Gasteiger partial charge is 0.274 e. The first-order valence-corrected chi connectivity index (χ1v) is 14.8. The van der Waals surface area contributed by atoms with E-state index in [0.717, 1.165) is 16.6 Å². The Hall–Kier alpha value is -4.45. The van der Waals surface area contributed by atoms with Gasteiger partial charge < -0.3 is 20.3 Å². The van der Waals surface area contributed by atoms with Crippen molar-refractivity contribution >= 4 is 106 Å². The van der Waals surface area contributed by atoms with E-state index in [4.69, 9.17) is 27.9 Å². The van der Waals surface area contributed by atoms with Crippen LogP contribution in [0.15, 0.2) is 91.4 Å². The molecule has 10 nitrogen and oxygen atoms in total. The number of anilines is 2. The maximum atomic E-state index is 13.0. The number of carbonyl (C=O) groups is 3. The lowest BCUT2D eigenvalue weighted by Crippen LogP contribution is -2.37. The van der Waals surface area contributed by atoms with Crippen LogP contribution in [-0.2, 0) is 16.2 Å². The number of rotatable bonds is 10. The number of hydrogen-bond acceptors (Lipinski definition) is 7. The Morgan fingerprint density at radius 3 is 2.41 bits per heavy atom. The van der Waals surface area contributed by atoms with Crippen LogP contribution in [0.2, 0.25) is 10.0 Å². The molecule has 2 N–H and O–H groups in total. The molecule has 0 fully saturated rings. The molecule has 0 unspecified atom stereocenters. The molecule has 0 atom stereocenters. The van der Waals surface area contributed by atoms with Crippen LogP contribution in [0.25, 0.3) is 17.0 Å². The molecule has 0 aliphatic heterocycles. The number of ether oxygens (including phenoxy) is 1. The van der Waals surface area contributed by atoms with Crippen molar-refractivity contribution in [2.24, 2.45) is 0 Å². The zero-order valence-corrected chi connectivity index (χ0v) is 30.0. The fourth-order valence-electron chi connectivity index (χ4n) is 4.38. The van der Waals surface area contributed by atoms with Gasteiger partial charge in [0, 0.05) is 59.1 Å². The summed E-state index contributed by atoms with van der Waals surface area (Å²) in [5.41, 5.74) is 3.90. The van der Waals surface area contributed by atoms with Gasteiger partial charge in [0.05, 0.1) is 17.3 Å². The fraction of sp³-hybridized carbons (Fsp3) is 0.118. The molecule has 2 aromatic carbocycles. The van der Waals surface area contributed by atoms with Gasteiger partial charge >= 0.3 is 0 Å². The van der Waals surface area contributed by atoms with Crippen LogP contribution in [0.5, 0.6) is 5.75 Å². The molecule has 0 radical (unpaired) electrons. The van der Waals surface area contributed by atoms with Gasteiger partial charge in [-0.2, -0.15) is 0 Å². The molecule has 0 aliphatic rings. The van der Waals surface area contributed by atoms with E-state index >= 15 is 0 Å². The highest BCUT2D eigenvalue weighted by Crippen LogP contribution is 2.35. The number of nitrogens with one attached hydrogen (secondary N) is 2. The molecule has 49 heavy (non-hydrogen) atoms. The number of amides is 3. The number of benzene rings is 2. The van der Waals surface area contributed by atoms with E-state index < -0.39 is 11.8 Å². The normalized spacial score (nSPS) is 10.3. The lowest BCUT2D eigenvalue weighted by Gasteiger charge is -2.21. The summed E-state index contributed by atoms with van der Waals surface area (Å²) in [6, 6.07) is 19.4. The maximum absolute atomic E-state index is 13.0. The fourth-order valence-corrected chi connectivity index (χ4v) is 4.98. The number of pyridine rings is 3. The van der Waals surface area contributed by atoms with Crippen LogP contribution in [0.3, 0.4) is 0 Å². The second-order valence-corrected chi connectivity index (χ2v) is 10.9.